The fourth-order valence-electron chi connectivity index (χ4n) is 5.10. The number of hydrogen-bond acceptors (Lipinski definition) is 6. The highest BCUT2D eigenvalue weighted by atomic mass is 32.2. The maximum absolute atomic E-state index is 12.7. The monoisotopic (exact) mass is 523 g/mol. The smallest absolute Gasteiger partial charge is 0.323 e. The molecule has 1 aliphatic carbocycles. The Labute approximate surface area is 221 Å². The molecule has 4 amide bonds. The molecular formula is C27H33N5O4S. The zero-order chi connectivity index (χ0) is 25.8. The highest BCUT2D eigenvalue weighted by Crippen LogP contribution is 2.27. The van der Waals surface area contributed by atoms with Gasteiger partial charge in [0.05, 0.1) is 12.1 Å². The van der Waals surface area contributed by atoms with Gasteiger partial charge in [-0.3, -0.25) is 9.59 Å². The van der Waals surface area contributed by atoms with Crippen LogP contribution in [0.4, 0.5) is 26.7 Å². The SMILES string of the molecule is CN(C(=O)C1CSC(=O)N1)C1CCN(c2ccc(NC(=O)Nc3ccc(OC4CCCC4)cc3)cc2)C1. The van der Waals surface area contributed by atoms with E-state index in [1.165, 1.54) is 12.8 Å². The third-order valence-corrected chi connectivity index (χ3v) is 8.12. The second kappa shape index (κ2) is 11.3. The maximum Gasteiger partial charge on any atom is 0.323 e. The zero-order valence-corrected chi connectivity index (χ0v) is 21.8. The third-order valence-electron chi connectivity index (χ3n) is 7.24. The van der Waals surface area contributed by atoms with E-state index in [1.54, 1.807) is 4.90 Å². The molecule has 3 fully saturated rings. The van der Waals surface area contributed by atoms with Crippen molar-refractivity contribution >= 4 is 46.0 Å². The minimum atomic E-state index is -0.434. The number of ether oxygens (including phenoxy) is 1. The number of nitrogens with zero attached hydrogens (tertiary/aromatic N) is 2. The van der Waals surface area contributed by atoms with Crippen molar-refractivity contribution in [3.8, 4) is 5.75 Å². The molecule has 196 valence electrons. The molecule has 0 aromatic heterocycles. The van der Waals surface area contributed by atoms with Gasteiger partial charge in [-0.2, -0.15) is 0 Å². The number of carbonyl (C=O) groups is 3. The predicted molar refractivity (Wildman–Crippen MR) is 147 cm³/mol. The van der Waals surface area contributed by atoms with Crippen molar-refractivity contribution in [3.05, 3.63) is 48.5 Å². The number of benzene rings is 2. The molecule has 10 heteroatoms. The van der Waals surface area contributed by atoms with E-state index in [2.05, 4.69) is 20.9 Å². The largest absolute Gasteiger partial charge is 0.490 e. The molecule has 2 heterocycles. The summed E-state index contributed by atoms with van der Waals surface area (Å²) >= 11 is 1.15. The van der Waals surface area contributed by atoms with Gasteiger partial charge in [0.25, 0.3) is 5.24 Å². The summed E-state index contributed by atoms with van der Waals surface area (Å²) in [6.45, 7) is 1.56. The molecule has 2 aromatic rings. The standard InChI is InChI=1S/C27H33N5O4S/c1-31(25(33)24-17-37-27(35)30-24)21-14-15-32(16-21)20-10-6-18(7-11-20)28-26(34)29-19-8-12-23(13-9-19)36-22-4-2-3-5-22/h6-13,21-22,24H,2-5,14-17H2,1H3,(H,30,35)(H2,28,29,34). The van der Waals surface area contributed by atoms with Crippen molar-refractivity contribution in [2.24, 2.45) is 0 Å². The minimum Gasteiger partial charge on any atom is -0.490 e. The highest BCUT2D eigenvalue weighted by molar-refractivity contribution is 8.14. The molecule has 9 nitrogen and oxygen atoms in total. The number of rotatable bonds is 7. The molecule has 2 atom stereocenters. The zero-order valence-electron chi connectivity index (χ0n) is 20.9. The first-order valence-electron chi connectivity index (χ1n) is 12.8. The molecule has 0 bridgehead atoms. The summed E-state index contributed by atoms with van der Waals surface area (Å²) in [6, 6.07) is 14.5. The normalized spacial score (nSPS) is 21.5. The Hall–Kier alpha value is -3.40. The van der Waals surface area contributed by atoms with Crippen LogP contribution in [0.1, 0.15) is 32.1 Å². The summed E-state index contributed by atoms with van der Waals surface area (Å²) < 4.78 is 5.98. The van der Waals surface area contributed by atoms with Crippen molar-refractivity contribution in [1.82, 2.24) is 10.2 Å². The Balaban J connectivity index is 1.09. The number of carbonyl (C=O) groups excluding carboxylic acids is 3. The van der Waals surface area contributed by atoms with Gasteiger partial charge in [-0.05, 0) is 80.6 Å². The first-order valence-corrected chi connectivity index (χ1v) is 13.8. The van der Waals surface area contributed by atoms with E-state index < -0.39 is 6.04 Å². The summed E-state index contributed by atoms with van der Waals surface area (Å²) in [4.78, 5) is 40.6. The van der Waals surface area contributed by atoms with E-state index in [1.807, 2.05) is 55.6 Å². The number of thioether (sulfide) groups is 1. The van der Waals surface area contributed by atoms with Crippen LogP contribution in [0.5, 0.6) is 5.75 Å². The summed E-state index contributed by atoms with van der Waals surface area (Å²) in [5.41, 5.74) is 2.43. The molecule has 0 radical (unpaired) electrons. The Morgan fingerprint density at radius 3 is 2.27 bits per heavy atom. The Morgan fingerprint density at radius 1 is 1.00 bits per heavy atom. The van der Waals surface area contributed by atoms with Gasteiger partial charge in [0, 0.05) is 43.0 Å². The van der Waals surface area contributed by atoms with Crippen LogP contribution in [0.15, 0.2) is 48.5 Å². The average molecular weight is 524 g/mol. The Kier molecular flexibility index (Phi) is 7.73. The van der Waals surface area contributed by atoms with Crippen molar-refractivity contribution in [1.29, 1.82) is 0 Å². The minimum absolute atomic E-state index is 0.0354. The molecule has 5 rings (SSSR count). The molecule has 0 spiro atoms. The van der Waals surface area contributed by atoms with E-state index in [4.69, 9.17) is 4.74 Å². The van der Waals surface area contributed by atoms with Crippen molar-refractivity contribution in [3.63, 3.8) is 0 Å². The van der Waals surface area contributed by atoms with Gasteiger partial charge in [-0.1, -0.05) is 11.8 Å². The van der Waals surface area contributed by atoms with Crippen molar-refractivity contribution in [2.75, 3.05) is 41.4 Å². The van der Waals surface area contributed by atoms with Gasteiger partial charge in [-0.25, -0.2) is 4.79 Å². The molecule has 3 aliphatic rings. The number of hydrogen-bond donors (Lipinski definition) is 3. The number of nitrogens with one attached hydrogen (secondary N) is 3. The van der Waals surface area contributed by atoms with E-state index in [0.29, 0.717) is 23.2 Å². The topological polar surface area (TPSA) is 103 Å². The van der Waals surface area contributed by atoms with E-state index in [-0.39, 0.29) is 23.2 Å². The van der Waals surface area contributed by atoms with Gasteiger partial charge in [0.2, 0.25) is 5.91 Å². The van der Waals surface area contributed by atoms with Gasteiger partial charge >= 0.3 is 6.03 Å². The van der Waals surface area contributed by atoms with E-state index in [0.717, 1.165) is 55.6 Å². The van der Waals surface area contributed by atoms with Crippen LogP contribution in [0.3, 0.4) is 0 Å². The number of amides is 4. The second-order valence-electron chi connectivity index (χ2n) is 9.81. The molecule has 3 N–H and O–H groups in total. The van der Waals surface area contributed by atoms with Crippen LogP contribution in [0.25, 0.3) is 0 Å². The lowest BCUT2D eigenvalue weighted by molar-refractivity contribution is -0.132. The van der Waals surface area contributed by atoms with Crippen LogP contribution in [0.2, 0.25) is 0 Å². The van der Waals surface area contributed by atoms with Gasteiger partial charge in [0.15, 0.2) is 0 Å². The van der Waals surface area contributed by atoms with Crippen LogP contribution < -0.4 is 25.6 Å². The summed E-state index contributed by atoms with van der Waals surface area (Å²) in [6.07, 6.45) is 5.84. The van der Waals surface area contributed by atoms with E-state index >= 15 is 0 Å². The van der Waals surface area contributed by atoms with Gasteiger partial charge < -0.3 is 30.5 Å². The van der Waals surface area contributed by atoms with Gasteiger partial charge in [-0.15, -0.1) is 0 Å². The lowest BCUT2D eigenvalue weighted by Gasteiger charge is -2.27. The number of likely N-dealkylation sites (N-methyl/N-ethyl adjacent to an activating group) is 1. The molecule has 37 heavy (non-hydrogen) atoms. The van der Waals surface area contributed by atoms with Crippen LogP contribution >= 0.6 is 11.8 Å². The molecule has 2 saturated heterocycles. The lowest BCUT2D eigenvalue weighted by Crippen LogP contribution is -2.48. The van der Waals surface area contributed by atoms with Crippen molar-refractivity contribution < 1.29 is 19.1 Å². The fourth-order valence-corrected chi connectivity index (χ4v) is 5.87. The third kappa shape index (κ3) is 6.30. The first-order chi connectivity index (χ1) is 17.9. The summed E-state index contributed by atoms with van der Waals surface area (Å²) in [5.74, 6) is 1.28. The molecule has 2 aromatic carbocycles. The van der Waals surface area contributed by atoms with Crippen molar-refractivity contribution in [2.45, 2.75) is 50.3 Å². The maximum atomic E-state index is 12.7. The van der Waals surface area contributed by atoms with Crippen LogP contribution in [0, 0.1) is 0 Å². The molecule has 2 aliphatic heterocycles. The van der Waals surface area contributed by atoms with E-state index in [9.17, 15) is 14.4 Å². The number of urea groups is 1. The van der Waals surface area contributed by atoms with Crippen LogP contribution in [-0.2, 0) is 4.79 Å². The fraction of sp³-hybridized carbons (Fsp3) is 0.444. The number of anilines is 3. The van der Waals surface area contributed by atoms with Gasteiger partial charge in [0.1, 0.15) is 11.8 Å². The lowest BCUT2D eigenvalue weighted by atomic mass is 10.2. The average Bonchev–Trinajstić information content (AvgIpc) is 3.67. The highest BCUT2D eigenvalue weighted by Gasteiger charge is 2.35. The summed E-state index contributed by atoms with van der Waals surface area (Å²) in [7, 11) is 1.81. The Bertz CT molecular complexity index is 1120. The first kappa shape index (κ1) is 25.3. The summed E-state index contributed by atoms with van der Waals surface area (Å²) in [5, 5.41) is 8.32. The Morgan fingerprint density at radius 2 is 1.65 bits per heavy atom. The molecule has 1 saturated carbocycles. The van der Waals surface area contributed by atoms with Crippen LogP contribution in [-0.4, -0.2) is 66.2 Å². The molecular weight excluding hydrogens is 490 g/mol. The molecule has 2 unspecified atom stereocenters. The quantitative estimate of drug-likeness (QED) is 0.493. The predicted octanol–water partition coefficient (Wildman–Crippen LogP) is 4.51. The second-order valence-corrected chi connectivity index (χ2v) is 10.8.